The van der Waals surface area contributed by atoms with E-state index in [1.807, 2.05) is 17.0 Å². The van der Waals surface area contributed by atoms with Gasteiger partial charge in [0, 0.05) is 57.1 Å². The van der Waals surface area contributed by atoms with Crippen LogP contribution in [0.5, 0.6) is 0 Å². The van der Waals surface area contributed by atoms with Gasteiger partial charge < -0.3 is 9.80 Å². The Hall–Kier alpha value is -2.42. The summed E-state index contributed by atoms with van der Waals surface area (Å²) in [6.07, 6.45) is 5.75. The highest BCUT2D eigenvalue weighted by molar-refractivity contribution is 7.99. The van der Waals surface area contributed by atoms with Crippen LogP contribution in [0.3, 0.4) is 0 Å². The van der Waals surface area contributed by atoms with Crippen LogP contribution in [0.2, 0.25) is 0 Å². The zero-order valence-corrected chi connectivity index (χ0v) is 16.1. The standard InChI is InChI=1S/C18H22N6O2S/c1-13(25)22-7-9-23(10-8-22)16(26)12-27-18-21-20-17(24(18)15-4-5-15)14-3-2-6-19-11-14/h2-3,6,11,15H,4-5,7-10,12H2,1H3. The van der Waals surface area contributed by atoms with Crippen LogP contribution in [0.1, 0.15) is 25.8 Å². The van der Waals surface area contributed by atoms with E-state index < -0.39 is 0 Å². The van der Waals surface area contributed by atoms with Gasteiger partial charge in [-0.05, 0) is 25.0 Å². The average Bonchev–Trinajstić information content (AvgIpc) is 3.45. The second-order valence-electron chi connectivity index (χ2n) is 6.82. The number of nitrogens with zero attached hydrogens (tertiary/aromatic N) is 6. The smallest absolute Gasteiger partial charge is 0.233 e. The van der Waals surface area contributed by atoms with Crippen molar-refractivity contribution >= 4 is 23.6 Å². The van der Waals surface area contributed by atoms with E-state index in [1.165, 1.54) is 11.8 Å². The van der Waals surface area contributed by atoms with Gasteiger partial charge in [0.25, 0.3) is 0 Å². The van der Waals surface area contributed by atoms with E-state index in [0.717, 1.165) is 29.4 Å². The molecule has 2 fully saturated rings. The molecular weight excluding hydrogens is 364 g/mol. The topological polar surface area (TPSA) is 84.2 Å². The SMILES string of the molecule is CC(=O)N1CCN(C(=O)CSc2nnc(-c3cccnc3)n2C2CC2)CC1. The van der Waals surface area contributed by atoms with E-state index in [0.29, 0.717) is 38.0 Å². The normalized spacial score (nSPS) is 17.2. The summed E-state index contributed by atoms with van der Waals surface area (Å²) in [5.74, 6) is 1.29. The molecule has 1 aliphatic carbocycles. The predicted octanol–water partition coefficient (Wildman–Crippen LogP) is 1.46. The van der Waals surface area contributed by atoms with E-state index in [1.54, 1.807) is 24.2 Å². The third-order valence-electron chi connectivity index (χ3n) is 4.90. The Morgan fingerprint density at radius 1 is 1.15 bits per heavy atom. The minimum atomic E-state index is 0.0666. The maximum Gasteiger partial charge on any atom is 0.233 e. The summed E-state index contributed by atoms with van der Waals surface area (Å²) in [5, 5.41) is 9.47. The molecule has 2 aliphatic rings. The Balaban J connectivity index is 1.41. The Labute approximate surface area is 162 Å². The first-order chi connectivity index (χ1) is 13.1. The molecule has 4 rings (SSSR count). The minimum Gasteiger partial charge on any atom is -0.339 e. The van der Waals surface area contributed by atoms with Crippen molar-refractivity contribution in [3.05, 3.63) is 24.5 Å². The number of pyridine rings is 1. The minimum absolute atomic E-state index is 0.0666. The number of carbonyl (C=O) groups excluding carboxylic acids is 2. The molecule has 2 aromatic rings. The molecule has 0 aromatic carbocycles. The van der Waals surface area contributed by atoms with E-state index >= 15 is 0 Å². The maximum atomic E-state index is 12.6. The van der Waals surface area contributed by atoms with E-state index in [4.69, 9.17) is 0 Å². The van der Waals surface area contributed by atoms with Crippen LogP contribution in [-0.2, 0) is 9.59 Å². The van der Waals surface area contributed by atoms with Crippen LogP contribution in [0.25, 0.3) is 11.4 Å². The Kier molecular flexibility index (Phi) is 5.11. The first-order valence-corrected chi connectivity index (χ1v) is 10.1. The molecule has 1 saturated heterocycles. The first kappa shape index (κ1) is 18.0. The lowest BCUT2D eigenvalue weighted by atomic mass is 10.3. The van der Waals surface area contributed by atoms with E-state index in [2.05, 4.69) is 19.7 Å². The van der Waals surface area contributed by atoms with Gasteiger partial charge in [-0.3, -0.25) is 19.1 Å². The zero-order valence-electron chi connectivity index (χ0n) is 15.2. The van der Waals surface area contributed by atoms with Crippen LogP contribution in [0, 0.1) is 0 Å². The van der Waals surface area contributed by atoms with E-state index in [-0.39, 0.29) is 11.8 Å². The predicted molar refractivity (Wildman–Crippen MR) is 101 cm³/mol. The molecule has 27 heavy (non-hydrogen) atoms. The summed E-state index contributed by atoms with van der Waals surface area (Å²) < 4.78 is 2.14. The lowest BCUT2D eigenvalue weighted by Crippen LogP contribution is -2.50. The molecule has 9 heteroatoms. The first-order valence-electron chi connectivity index (χ1n) is 9.15. The highest BCUT2D eigenvalue weighted by atomic mass is 32.2. The molecule has 0 unspecified atom stereocenters. The quantitative estimate of drug-likeness (QED) is 0.724. The summed E-state index contributed by atoms with van der Waals surface area (Å²) in [4.78, 5) is 31.7. The molecule has 0 N–H and O–H groups in total. The molecular formula is C18H22N6O2S. The highest BCUT2D eigenvalue weighted by Crippen LogP contribution is 2.40. The third kappa shape index (κ3) is 3.97. The second-order valence-corrected chi connectivity index (χ2v) is 7.77. The number of amides is 2. The number of carbonyl (C=O) groups is 2. The van der Waals surface area contributed by atoms with Crippen molar-refractivity contribution in [3.63, 3.8) is 0 Å². The molecule has 0 atom stereocenters. The second kappa shape index (κ2) is 7.67. The lowest BCUT2D eigenvalue weighted by molar-refractivity contribution is -0.136. The molecule has 2 aromatic heterocycles. The van der Waals surface area contributed by atoms with E-state index in [9.17, 15) is 9.59 Å². The molecule has 142 valence electrons. The Morgan fingerprint density at radius 3 is 2.52 bits per heavy atom. The van der Waals surface area contributed by atoms with Crippen LogP contribution < -0.4 is 0 Å². The molecule has 0 radical (unpaired) electrons. The highest BCUT2D eigenvalue weighted by Gasteiger charge is 2.31. The number of thioether (sulfide) groups is 1. The number of rotatable bonds is 5. The summed E-state index contributed by atoms with van der Waals surface area (Å²) in [6.45, 7) is 3.96. The molecule has 0 bridgehead atoms. The van der Waals surface area contributed by atoms with Gasteiger partial charge >= 0.3 is 0 Å². The van der Waals surface area contributed by atoms with Gasteiger partial charge in [0.05, 0.1) is 5.75 Å². The number of hydrogen-bond donors (Lipinski definition) is 0. The van der Waals surface area contributed by atoms with Gasteiger partial charge in [-0.1, -0.05) is 11.8 Å². The average molecular weight is 386 g/mol. The van der Waals surface area contributed by atoms with Crippen LogP contribution in [0.4, 0.5) is 0 Å². The van der Waals surface area contributed by atoms with Crippen molar-refractivity contribution in [3.8, 4) is 11.4 Å². The summed E-state index contributed by atoms with van der Waals surface area (Å²) in [7, 11) is 0. The maximum absolute atomic E-state index is 12.6. The lowest BCUT2D eigenvalue weighted by Gasteiger charge is -2.34. The number of aromatic nitrogens is 4. The van der Waals surface area contributed by atoms with Gasteiger partial charge in [0.1, 0.15) is 0 Å². The monoisotopic (exact) mass is 386 g/mol. The molecule has 1 saturated carbocycles. The van der Waals surface area contributed by atoms with Gasteiger partial charge in [0.15, 0.2) is 11.0 Å². The van der Waals surface area contributed by atoms with Gasteiger partial charge in [0.2, 0.25) is 11.8 Å². The molecule has 1 aliphatic heterocycles. The number of piperazine rings is 1. The fraction of sp³-hybridized carbons (Fsp3) is 0.500. The fourth-order valence-electron chi connectivity index (χ4n) is 3.22. The zero-order chi connectivity index (χ0) is 18.8. The van der Waals surface area contributed by atoms with Crippen molar-refractivity contribution in [2.45, 2.75) is 31.0 Å². The van der Waals surface area contributed by atoms with Crippen molar-refractivity contribution < 1.29 is 9.59 Å². The van der Waals surface area contributed by atoms with Crippen molar-refractivity contribution in [1.82, 2.24) is 29.5 Å². The van der Waals surface area contributed by atoms with Gasteiger partial charge in [-0.25, -0.2) is 0 Å². The van der Waals surface area contributed by atoms with Crippen LogP contribution in [-0.4, -0.2) is 73.3 Å². The molecule has 8 nitrogen and oxygen atoms in total. The molecule has 0 spiro atoms. The van der Waals surface area contributed by atoms with Crippen molar-refractivity contribution in [2.24, 2.45) is 0 Å². The summed E-state index contributed by atoms with van der Waals surface area (Å²) in [5.41, 5.74) is 0.940. The Morgan fingerprint density at radius 2 is 1.89 bits per heavy atom. The third-order valence-corrected chi connectivity index (χ3v) is 5.83. The van der Waals surface area contributed by atoms with Crippen LogP contribution in [0.15, 0.2) is 29.7 Å². The largest absolute Gasteiger partial charge is 0.339 e. The molecule has 3 heterocycles. The fourth-order valence-corrected chi connectivity index (χ4v) is 4.13. The van der Waals surface area contributed by atoms with Crippen LogP contribution >= 0.6 is 11.8 Å². The summed E-state index contributed by atoms with van der Waals surface area (Å²) in [6, 6.07) is 4.27. The van der Waals surface area contributed by atoms with Crippen molar-refractivity contribution in [1.29, 1.82) is 0 Å². The van der Waals surface area contributed by atoms with Gasteiger partial charge in [-0.15, -0.1) is 10.2 Å². The Bertz CT molecular complexity index is 828. The van der Waals surface area contributed by atoms with Gasteiger partial charge in [-0.2, -0.15) is 0 Å². The number of hydrogen-bond acceptors (Lipinski definition) is 6. The summed E-state index contributed by atoms with van der Waals surface area (Å²) >= 11 is 1.44. The molecule has 2 amide bonds. The van der Waals surface area contributed by atoms with Crippen molar-refractivity contribution in [2.75, 3.05) is 31.9 Å².